The van der Waals surface area contributed by atoms with Gasteiger partial charge in [0.2, 0.25) is 0 Å². The molecule has 0 heterocycles. The molecule has 0 aliphatic heterocycles. The Morgan fingerprint density at radius 3 is 2.50 bits per heavy atom. The molecule has 2 N–H and O–H groups in total. The van der Waals surface area contributed by atoms with Gasteiger partial charge in [0, 0.05) is 0 Å². The Balaban J connectivity index is 2.75. The number of hydrogen-bond acceptors (Lipinski definition) is 2. The van der Waals surface area contributed by atoms with Crippen LogP contribution in [0, 0.1) is 5.92 Å². The Kier molecular flexibility index (Phi) is 1.68. The van der Waals surface area contributed by atoms with Gasteiger partial charge in [0.15, 0.2) is 5.60 Å². The summed E-state index contributed by atoms with van der Waals surface area (Å²) in [5.74, 6) is -1.16. The summed E-state index contributed by atoms with van der Waals surface area (Å²) in [5.41, 5.74) is -1.43. The molecular formula is C7H12O3. The molecule has 0 radical (unpaired) electrons. The van der Waals surface area contributed by atoms with Crippen molar-refractivity contribution in [3.63, 3.8) is 0 Å². The van der Waals surface area contributed by atoms with Crippen LogP contribution in [-0.2, 0) is 4.79 Å². The number of aliphatic carboxylic acids is 1. The third kappa shape index (κ3) is 0.904. The molecule has 3 heteroatoms. The predicted molar refractivity (Wildman–Crippen MR) is 35.6 cm³/mol. The fourth-order valence-corrected chi connectivity index (χ4v) is 1.48. The van der Waals surface area contributed by atoms with E-state index in [1.54, 1.807) is 6.92 Å². The van der Waals surface area contributed by atoms with Crippen LogP contribution in [0.1, 0.15) is 26.2 Å². The van der Waals surface area contributed by atoms with Crippen molar-refractivity contribution in [2.75, 3.05) is 0 Å². The molecule has 0 aromatic heterocycles. The summed E-state index contributed by atoms with van der Waals surface area (Å²) in [6.45, 7) is 1.78. The molecule has 1 saturated carbocycles. The molecule has 0 aromatic rings. The fraction of sp³-hybridized carbons (Fsp3) is 0.857. The molecule has 1 fully saturated rings. The summed E-state index contributed by atoms with van der Waals surface area (Å²) in [6, 6.07) is 0. The van der Waals surface area contributed by atoms with Crippen molar-refractivity contribution in [3.05, 3.63) is 0 Å². The van der Waals surface area contributed by atoms with Crippen molar-refractivity contribution >= 4 is 5.97 Å². The van der Waals surface area contributed by atoms with Crippen LogP contribution in [-0.4, -0.2) is 21.8 Å². The second-order valence-electron chi connectivity index (χ2n) is 3.02. The molecule has 0 bridgehead atoms. The van der Waals surface area contributed by atoms with E-state index in [0.717, 1.165) is 12.8 Å². The summed E-state index contributed by atoms with van der Waals surface area (Å²) in [6.07, 6.45) is 2.05. The van der Waals surface area contributed by atoms with Gasteiger partial charge in [-0.1, -0.05) is 6.92 Å². The van der Waals surface area contributed by atoms with E-state index in [2.05, 4.69) is 0 Å². The first kappa shape index (κ1) is 7.54. The number of carboxylic acids is 1. The Hall–Kier alpha value is -0.570. The van der Waals surface area contributed by atoms with Gasteiger partial charge in [0.1, 0.15) is 0 Å². The number of rotatable bonds is 1. The average Bonchev–Trinajstić information content (AvgIpc) is 2.15. The number of carbonyl (C=O) groups is 1. The zero-order valence-corrected chi connectivity index (χ0v) is 6.00. The zero-order valence-electron chi connectivity index (χ0n) is 6.00. The minimum atomic E-state index is -1.43. The first-order valence-corrected chi connectivity index (χ1v) is 3.53. The van der Waals surface area contributed by atoms with Crippen LogP contribution < -0.4 is 0 Å². The van der Waals surface area contributed by atoms with Crippen molar-refractivity contribution in [1.82, 2.24) is 0 Å². The van der Waals surface area contributed by atoms with Gasteiger partial charge >= 0.3 is 5.97 Å². The van der Waals surface area contributed by atoms with Crippen LogP contribution in [0.3, 0.4) is 0 Å². The van der Waals surface area contributed by atoms with Crippen LogP contribution in [0.4, 0.5) is 0 Å². The maximum Gasteiger partial charge on any atom is 0.335 e. The molecule has 1 aliphatic carbocycles. The molecule has 2 atom stereocenters. The maximum atomic E-state index is 10.5. The van der Waals surface area contributed by atoms with Crippen molar-refractivity contribution in [2.45, 2.75) is 31.8 Å². The van der Waals surface area contributed by atoms with E-state index in [1.165, 1.54) is 0 Å². The van der Waals surface area contributed by atoms with E-state index in [4.69, 9.17) is 5.11 Å². The highest BCUT2D eigenvalue weighted by atomic mass is 16.4. The van der Waals surface area contributed by atoms with Crippen molar-refractivity contribution in [3.8, 4) is 0 Å². The lowest BCUT2D eigenvalue weighted by Gasteiger charge is -2.21. The standard InChI is InChI=1S/C7H12O3/c1-5-3-2-4-7(5,10)6(8)9/h5,10H,2-4H2,1H3,(H,8,9). The van der Waals surface area contributed by atoms with Gasteiger partial charge in [-0.3, -0.25) is 0 Å². The van der Waals surface area contributed by atoms with Gasteiger partial charge in [0.25, 0.3) is 0 Å². The molecule has 1 aliphatic rings. The summed E-state index contributed by atoms with van der Waals surface area (Å²) in [5, 5.41) is 18.0. The second-order valence-corrected chi connectivity index (χ2v) is 3.02. The molecule has 2 unspecified atom stereocenters. The maximum absolute atomic E-state index is 10.5. The first-order valence-electron chi connectivity index (χ1n) is 3.53. The molecule has 0 spiro atoms. The lowest BCUT2D eigenvalue weighted by molar-refractivity contribution is -0.161. The zero-order chi connectivity index (χ0) is 7.78. The highest BCUT2D eigenvalue weighted by molar-refractivity contribution is 5.77. The predicted octanol–water partition coefficient (Wildman–Crippen LogP) is 0.622. The van der Waals surface area contributed by atoms with E-state index in [-0.39, 0.29) is 5.92 Å². The first-order chi connectivity index (χ1) is 4.57. The molecule has 58 valence electrons. The third-order valence-corrected chi connectivity index (χ3v) is 2.38. The summed E-state index contributed by atoms with van der Waals surface area (Å²) in [7, 11) is 0. The summed E-state index contributed by atoms with van der Waals surface area (Å²) >= 11 is 0. The Morgan fingerprint density at radius 2 is 2.30 bits per heavy atom. The minimum absolute atomic E-state index is 0.0926. The largest absolute Gasteiger partial charge is 0.479 e. The van der Waals surface area contributed by atoms with E-state index in [9.17, 15) is 9.90 Å². The van der Waals surface area contributed by atoms with Gasteiger partial charge < -0.3 is 10.2 Å². The summed E-state index contributed by atoms with van der Waals surface area (Å²) < 4.78 is 0. The van der Waals surface area contributed by atoms with Crippen LogP contribution in [0.5, 0.6) is 0 Å². The van der Waals surface area contributed by atoms with Crippen LogP contribution >= 0.6 is 0 Å². The highest BCUT2D eigenvalue weighted by Gasteiger charge is 2.44. The molecule has 0 aromatic carbocycles. The number of carboxylic acid groups (broad SMARTS) is 1. The quantitative estimate of drug-likeness (QED) is 0.567. The van der Waals surface area contributed by atoms with E-state index in [0.29, 0.717) is 6.42 Å². The molecule has 10 heavy (non-hydrogen) atoms. The fourth-order valence-electron chi connectivity index (χ4n) is 1.48. The van der Waals surface area contributed by atoms with E-state index in [1.807, 2.05) is 0 Å². The van der Waals surface area contributed by atoms with Crippen LogP contribution in [0.2, 0.25) is 0 Å². The third-order valence-electron chi connectivity index (χ3n) is 2.38. The van der Waals surface area contributed by atoms with E-state index >= 15 is 0 Å². The van der Waals surface area contributed by atoms with Crippen molar-refractivity contribution in [2.24, 2.45) is 5.92 Å². The highest BCUT2D eigenvalue weighted by Crippen LogP contribution is 2.35. The van der Waals surface area contributed by atoms with Crippen molar-refractivity contribution < 1.29 is 15.0 Å². The van der Waals surface area contributed by atoms with Gasteiger partial charge in [-0.05, 0) is 25.2 Å². The monoisotopic (exact) mass is 144 g/mol. The lowest BCUT2D eigenvalue weighted by atomic mass is 9.93. The van der Waals surface area contributed by atoms with Crippen LogP contribution in [0.15, 0.2) is 0 Å². The van der Waals surface area contributed by atoms with Crippen molar-refractivity contribution in [1.29, 1.82) is 0 Å². The normalized spacial score (nSPS) is 40.0. The molecule has 0 saturated heterocycles. The van der Waals surface area contributed by atoms with Gasteiger partial charge in [-0.25, -0.2) is 4.79 Å². The average molecular weight is 144 g/mol. The Morgan fingerprint density at radius 1 is 1.70 bits per heavy atom. The smallest absolute Gasteiger partial charge is 0.335 e. The molecule has 0 amide bonds. The van der Waals surface area contributed by atoms with Gasteiger partial charge in [-0.15, -0.1) is 0 Å². The lowest BCUT2D eigenvalue weighted by Crippen LogP contribution is -2.40. The second kappa shape index (κ2) is 2.23. The Labute approximate surface area is 59.7 Å². The molecule has 3 nitrogen and oxygen atoms in total. The Bertz CT molecular complexity index is 155. The topological polar surface area (TPSA) is 57.5 Å². The minimum Gasteiger partial charge on any atom is -0.479 e. The number of hydrogen-bond donors (Lipinski definition) is 2. The van der Waals surface area contributed by atoms with Crippen LogP contribution in [0.25, 0.3) is 0 Å². The number of aliphatic hydroxyl groups is 1. The van der Waals surface area contributed by atoms with Gasteiger partial charge in [-0.2, -0.15) is 0 Å². The van der Waals surface area contributed by atoms with Gasteiger partial charge in [0.05, 0.1) is 0 Å². The molecular weight excluding hydrogens is 132 g/mol. The SMILES string of the molecule is CC1CCCC1(O)C(=O)O. The van der Waals surface area contributed by atoms with E-state index < -0.39 is 11.6 Å². The summed E-state index contributed by atoms with van der Waals surface area (Å²) in [4.78, 5) is 10.5. The molecule has 1 rings (SSSR count).